The van der Waals surface area contributed by atoms with Gasteiger partial charge in [-0.2, -0.15) is 0 Å². The minimum absolute atomic E-state index is 0.223. The Morgan fingerprint density at radius 1 is 0.609 bits per heavy atom. The van der Waals surface area contributed by atoms with Crippen LogP contribution in [0.25, 0.3) is 0 Å². The molecule has 0 aromatic heterocycles. The molecule has 2 aromatic carbocycles. The van der Waals surface area contributed by atoms with Crippen molar-refractivity contribution in [3.63, 3.8) is 0 Å². The van der Waals surface area contributed by atoms with Gasteiger partial charge in [-0.15, -0.1) is 0 Å². The zero-order valence-corrected chi connectivity index (χ0v) is 35.6. The van der Waals surface area contributed by atoms with Gasteiger partial charge in [0.25, 0.3) is 0 Å². The van der Waals surface area contributed by atoms with Crippen molar-refractivity contribution in [2.45, 2.75) is 26.1 Å². The Labute approximate surface area is 320 Å². The minimum atomic E-state index is -3.62. The zero-order valence-electron chi connectivity index (χ0n) is 25.2. The molecule has 0 radical (unpaired) electrons. The minimum Gasteiger partial charge on any atom is -0.457 e. The van der Waals surface area contributed by atoms with Crippen LogP contribution < -0.4 is 10.6 Å². The smallest absolute Gasteiger partial charge is 0.334 e. The molecule has 46 heavy (non-hydrogen) atoms. The number of halogens is 4. The van der Waals surface area contributed by atoms with Crippen LogP contribution in [0.3, 0.4) is 0 Å². The summed E-state index contributed by atoms with van der Waals surface area (Å²) in [5.74, 6) is -3.33. The number of nitrogens with one attached hydrogen (secondary N) is 2. The molecule has 2 rings (SSSR count). The highest BCUT2D eigenvalue weighted by atomic mass is 127. The Morgan fingerprint density at radius 2 is 0.913 bits per heavy atom. The SMILES string of the molecule is COP(=O)(CC(OC(C)=O)c1cc(NC(=O)C(=O)Nc2cc(C(CP(=O)(OC)OC)OC(C)=O)c(I)cc2I)c(I)cc1I)OC. The lowest BCUT2D eigenvalue weighted by Crippen LogP contribution is -2.30. The maximum Gasteiger partial charge on any atom is 0.334 e. The third-order valence-corrected chi connectivity index (χ3v) is 13.5. The fourth-order valence-electron chi connectivity index (χ4n) is 3.83. The molecule has 2 N–H and O–H groups in total. The van der Waals surface area contributed by atoms with Gasteiger partial charge >= 0.3 is 38.9 Å². The van der Waals surface area contributed by atoms with Crippen LogP contribution in [0.4, 0.5) is 11.4 Å². The van der Waals surface area contributed by atoms with E-state index in [2.05, 4.69) is 10.6 Å². The van der Waals surface area contributed by atoms with Gasteiger partial charge < -0.3 is 38.2 Å². The summed E-state index contributed by atoms with van der Waals surface area (Å²) in [6.07, 6.45) is -2.70. The normalized spacial score (nSPS) is 13.0. The summed E-state index contributed by atoms with van der Waals surface area (Å²) < 4.78 is 59.1. The van der Waals surface area contributed by atoms with Crippen LogP contribution in [-0.4, -0.2) is 64.5 Å². The highest BCUT2D eigenvalue weighted by Crippen LogP contribution is 2.52. The van der Waals surface area contributed by atoms with Gasteiger partial charge in [-0.25, -0.2) is 0 Å². The summed E-state index contributed by atoms with van der Waals surface area (Å²) in [4.78, 5) is 50.0. The first-order valence-electron chi connectivity index (χ1n) is 12.8. The van der Waals surface area contributed by atoms with Crippen molar-refractivity contribution in [2.24, 2.45) is 0 Å². The third kappa shape index (κ3) is 11.9. The van der Waals surface area contributed by atoms with Crippen LogP contribution in [0.5, 0.6) is 0 Å². The second kappa shape index (κ2) is 18.5. The molecule has 0 heterocycles. The second-order valence-electron chi connectivity index (χ2n) is 9.13. The van der Waals surface area contributed by atoms with E-state index in [9.17, 15) is 28.3 Å². The lowest BCUT2D eigenvalue weighted by atomic mass is 10.1. The van der Waals surface area contributed by atoms with Gasteiger partial charge in [-0.3, -0.25) is 28.3 Å². The van der Waals surface area contributed by atoms with Crippen LogP contribution >= 0.6 is 106 Å². The summed E-state index contributed by atoms with van der Waals surface area (Å²) in [5, 5.41) is 5.12. The van der Waals surface area contributed by atoms with Gasteiger partial charge in [0.05, 0.1) is 23.7 Å². The standard InChI is InChI=1S/C26H30I4N2O12P2/c1-13(33)43-23(11-45(37,39-3)40-4)15-7-21(19(29)9-17(15)27)31-25(35)26(36)32-22-8-16(18(28)10-20(22)30)24(44-14(2)34)12-46(38,41-5)42-6/h7-10,23-24H,11-12H2,1-6H3,(H,31,35)(H,32,36). The van der Waals surface area contributed by atoms with Crippen LogP contribution in [0.1, 0.15) is 37.2 Å². The van der Waals surface area contributed by atoms with E-state index < -0.39 is 51.2 Å². The molecule has 0 aliphatic carbocycles. The first-order chi connectivity index (χ1) is 21.4. The highest BCUT2D eigenvalue weighted by molar-refractivity contribution is 14.1. The van der Waals surface area contributed by atoms with Crippen LogP contribution in [0.2, 0.25) is 0 Å². The first kappa shape index (κ1) is 41.7. The molecule has 0 spiro atoms. The molecule has 0 bridgehead atoms. The Bertz CT molecular complexity index is 1460. The number of anilines is 2. The van der Waals surface area contributed by atoms with E-state index in [1.54, 1.807) is 12.1 Å². The lowest BCUT2D eigenvalue weighted by molar-refractivity contribution is -0.146. The molecule has 254 valence electrons. The molecule has 2 aromatic rings. The molecule has 0 saturated carbocycles. The van der Waals surface area contributed by atoms with Gasteiger partial charge in [0.15, 0.2) is 0 Å². The van der Waals surface area contributed by atoms with Crippen molar-refractivity contribution in [1.82, 2.24) is 0 Å². The quantitative estimate of drug-likeness (QED) is 0.0870. The Hall–Kier alpha value is -0.460. The molecule has 0 aliphatic rings. The van der Waals surface area contributed by atoms with Crippen molar-refractivity contribution in [3.8, 4) is 0 Å². The van der Waals surface area contributed by atoms with E-state index >= 15 is 0 Å². The van der Waals surface area contributed by atoms with Crippen molar-refractivity contribution >= 4 is 141 Å². The van der Waals surface area contributed by atoms with Gasteiger partial charge in [-0.05, 0) is 115 Å². The molecule has 0 saturated heterocycles. The number of amides is 2. The summed E-state index contributed by atoms with van der Waals surface area (Å²) in [6.45, 7) is 2.40. The molecule has 2 atom stereocenters. The molecule has 20 heteroatoms. The molecule has 14 nitrogen and oxygen atoms in total. The Morgan fingerprint density at radius 3 is 1.17 bits per heavy atom. The topological polar surface area (TPSA) is 182 Å². The fraction of sp³-hybridized carbons (Fsp3) is 0.385. The van der Waals surface area contributed by atoms with Crippen molar-refractivity contribution in [3.05, 3.63) is 49.7 Å². The molecule has 2 amide bonds. The second-order valence-corrected chi connectivity index (χ2v) is 18.4. The Kier molecular flexibility index (Phi) is 16.8. The average Bonchev–Trinajstić information content (AvgIpc) is 2.98. The number of carbonyl (C=O) groups is 4. The van der Waals surface area contributed by atoms with Crippen LogP contribution in [-0.2, 0) is 55.9 Å². The van der Waals surface area contributed by atoms with E-state index in [-0.39, 0.29) is 23.7 Å². The van der Waals surface area contributed by atoms with Gasteiger partial charge in [0.1, 0.15) is 12.2 Å². The van der Waals surface area contributed by atoms with E-state index in [0.717, 1.165) is 0 Å². The molecule has 0 fully saturated rings. The summed E-state index contributed by atoms with van der Waals surface area (Å²) in [5.41, 5.74) is 1.25. The third-order valence-electron chi connectivity index (χ3n) is 6.08. The fourth-order valence-corrected chi connectivity index (χ4v) is 10.1. The van der Waals surface area contributed by atoms with Gasteiger partial charge in [0, 0.05) is 67.7 Å². The number of hydrogen-bond acceptors (Lipinski definition) is 12. The highest BCUT2D eigenvalue weighted by Gasteiger charge is 2.33. The monoisotopic (exact) mass is 1130 g/mol. The first-order valence-corrected chi connectivity index (χ1v) is 20.5. The van der Waals surface area contributed by atoms with Crippen molar-refractivity contribution in [1.29, 1.82) is 0 Å². The van der Waals surface area contributed by atoms with Crippen LogP contribution in [0.15, 0.2) is 24.3 Å². The number of rotatable bonds is 14. The maximum absolute atomic E-state index is 13.1. The van der Waals surface area contributed by atoms with Gasteiger partial charge in [0.2, 0.25) is 0 Å². The molecule has 2 unspecified atom stereocenters. The number of ether oxygens (including phenoxy) is 2. The largest absolute Gasteiger partial charge is 0.457 e. The summed E-state index contributed by atoms with van der Waals surface area (Å²) in [6, 6.07) is 6.40. The van der Waals surface area contributed by atoms with E-state index in [1.807, 2.05) is 90.4 Å². The van der Waals surface area contributed by atoms with E-state index in [4.69, 9.17) is 27.6 Å². The number of esters is 2. The lowest BCUT2D eigenvalue weighted by Gasteiger charge is -2.24. The number of benzene rings is 2. The van der Waals surface area contributed by atoms with Crippen molar-refractivity contribution in [2.75, 3.05) is 51.4 Å². The van der Waals surface area contributed by atoms with Gasteiger partial charge in [-0.1, -0.05) is 0 Å². The maximum atomic E-state index is 13.1. The predicted molar refractivity (Wildman–Crippen MR) is 203 cm³/mol. The average molecular weight is 1130 g/mol. The van der Waals surface area contributed by atoms with Crippen LogP contribution in [0, 0.1) is 14.3 Å². The number of carbonyl (C=O) groups excluding carboxylic acids is 4. The Balaban J connectivity index is 2.41. The summed E-state index contributed by atoms with van der Waals surface area (Å²) >= 11 is 7.97. The molecular formula is C26H30I4N2O12P2. The predicted octanol–water partition coefficient (Wildman–Crippen LogP) is 6.86. The zero-order chi connectivity index (χ0) is 35.0. The van der Waals surface area contributed by atoms with E-state index in [1.165, 1.54) is 54.4 Å². The van der Waals surface area contributed by atoms with Crippen molar-refractivity contribution < 1.29 is 55.9 Å². The molecule has 0 aliphatic heterocycles. The molecular weight excluding hydrogens is 1100 g/mol. The van der Waals surface area contributed by atoms with E-state index in [0.29, 0.717) is 25.4 Å². The number of hydrogen-bond donors (Lipinski definition) is 2. The summed E-state index contributed by atoms with van der Waals surface area (Å²) in [7, 11) is -2.40.